The van der Waals surface area contributed by atoms with Gasteiger partial charge in [-0.3, -0.25) is 4.79 Å². The number of anilines is 1. The first-order chi connectivity index (χ1) is 12.2. The molecule has 0 aliphatic rings. The summed E-state index contributed by atoms with van der Waals surface area (Å²) in [6, 6.07) is 12.1. The van der Waals surface area contributed by atoms with Crippen molar-refractivity contribution in [1.29, 1.82) is 0 Å². The fourth-order valence-electron chi connectivity index (χ4n) is 1.88. The van der Waals surface area contributed by atoms with E-state index in [0.717, 1.165) is 0 Å². The molecule has 0 atom stereocenters. The quantitative estimate of drug-likeness (QED) is 0.575. The van der Waals surface area contributed by atoms with Crippen LogP contribution in [0.25, 0.3) is 6.08 Å². The molecule has 0 bridgehead atoms. The molecule has 2 aromatic carbocycles. The summed E-state index contributed by atoms with van der Waals surface area (Å²) in [5.41, 5.74) is 1.06. The Bertz CT molecular complexity index is 940. The van der Waals surface area contributed by atoms with E-state index >= 15 is 0 Å². The van der Waals surface area contributed by atoms with E-state index in [2.05, 4.69) is 5.32 Å². The van der Waals surface area contributed by atoms with Gasteiger partial charge in [0.15, 0.2) is 6.61 Å². The molecular formula is C17H15ClN2O5S. The van der Waals surface area contributed by atoms with Gasteiger partial charge in [-0.05, 0) is 48.0 Å². The molecule has 0 aliphatic carbocycles. The smallest absolute Gasteiger partial charge is 0.331 e. The number of ether oxygens (including phenoxy) is 1. The first-order valence-electron chi connectivity index (χ1n) is 7.27. The number of esters is 1. The van der Waals surface area contributed by atoms with Crippen LogP contribution in [0.4, 0.5) is 5.69 Å². The van der Waals surface area contributed by atoms with Gasteiger partial charge < -0.3 is 10.1 Å². The van der Waals surface area contributed by atoms with E-state index in [1.54, 1.807) is 24.3 Å². The Kier molecular flexibility index (Phi) is 6.51. The van der Waals surface area contributed by atoms with Gasteiger partial charge in [0.25, 0.3) is 5.91 Å². The zero-order valence-electron chi connectivity index (χ0n) is 13.4. The lowest BCUT2D eigenvalue weighted by Crippen LogP contribution is -2.20. The standard InChI is InChI=1S/C17H15ClN2O5S/c18-13-3-1-2-12(10-13)4-9-17(22)25-11-16(21)20-14-5-7-15(8-6-14)26(19,23)24/h1-10H,11H2,(H,20,21)(H2,19,23,24)/b9-4+. The zero-order chi connectivity index (χ0) is 19.2. The Hall–Kier alpha value is -2.68. The number of sulfonamides is 1. The third-order valence-corrected chi connectivity index (χ3v) is 4.24. The fraction of sp³-hybridized carbons (Fsp3) is 0.0588. The van der Waals surface area contributed by atoms with Crippen molar-refractivity contribution < 1.29 is 22.7 Å². The first kappa shape index (κ1) is 19.6. The molecule has 3 N–H and O–H groups in total. The number of rotatable bonds is 6. The monoisotopic (exact) mass is 394 g/mol. The van der Waals surface area contributed by atoms with E-state index in [1.165, 1.54) is 36.4 Å². The van der Waals surface area contributed by atoms with Crippen LogP contribution < -0.4 is 10.5 Å². The molecule has 0 unspecified atom stereocenters. The fourth-order valence-corrected chi connectivity index (χ4v) is 2.60. The van der Waals surface area contributed by atoms with E-state index in [1.807, 2.05) is 0 Å². The summed E-state index contributed by atoms with van der Waals surface area (Å²) < 4.78 is 27.1. The van der Waals surface area contributed by atoms with Gasteiger partial charge >= 0.3 is 5.97 Å². The highest BCUT2D eigenvalue weighted by molar-refractivity contribution is 7.89. The van der Waals surface area contributed by atoms with Gasteiger partial charge in [0.1, 0.15) is 0 Å². The molecule has 0 heterocycles. The molecule has 2 aromatic rings. The maximum Gasteiger partial charge on any atom is 0.331 e. The number of halogens is 1. The van der Waals surface area contributed by atoms with Crippen molar-refractivity contribution in [3.63, 3.8) is 0 Å². The maximum atomic E-state index is 11.7. The number of primary sulfonamides is 1. The van der Waals surface area contributed by atoms with Gasteiger partial charge in [-0.25, -0.2) is 18.4 Å². The molecule has 0 aliphatic heterocycles. The molecule has 1 amide bonds. The van der Waals surface area contributed by atoms with E-state index in [-0.39, 0.29) is 4.90 Å². The van der Waals surface area contributed by atoms with Gasteiger partial charge in [-0.1, -0.05) is 23.7 Å². The average Bonchev–Trinajstić information content (AvgIpc) is 2.58. The molecule has 0 saturated carbocycles. The molecule has 0 spiro atoms. The minimum Gasteiger partial charge on any atom is -0.452 e. The minimum atomic E-state index is -3.80. The normalized spacial score (nSPS) is 11.3. The van der Waals surface area contributed by atoms with Crippen molar-refractivity contribution in [1.82, 2.24) is 0 Å². The molecule has 0 radical (unpaired) electrons. The van der Waals surface area contributed by atoms with Crippen LogP contribution in [-0.4, -0.2) is 26.9 Å². The number of nitrogens with one attached hydrogen (secondary N) is 1. The van der Waals surface area contributed by atoms with E-state index < -0.39 is 28.5 Å². The second-order valence-electron chi connectivity index (χ2n) is 5.11. The molecule has 9 heteroatoms. The topological polar surface area (TPSA) is 116 Å². The Morgan fingerprint density at radius 3 is 2.46 bits per heavy atom. The Morgan fingerprint density at radius 1 is 1.15 bits per heavy atom. The van der Waals surface area contributed by atoms with E-state index in [4.69, 9.17) is 21.5 Å². The van der Waals surface area contributed by atoms with E-state index in [9.17, 15) is 18.0 Å². The zero-order valence-corrected chi connectivity index (χ0v) is 15.0. The molecule has 26 heavy (non-hydrogen) atoms. The number of hydrogen-bond donors (Lipinski definition) is 2. The van der Waals surface area contributed by atoms with Gasteiger partial charge in [0.2, 0.25) is 10.0 Å². The van der Waals surface area contributed by atoms with Crippen LogP contribution in [0.3, 0.4) is 0 Å². The Morgan fingerprint density at radius 2 is 1.85 bits per heavy atom. The number of carbonyl (C=O) groups excluding carboxylic acids is 2. The van der Waals surface area contributed by atoms with E-state index in [0.29, 0.717) is 16.3 Å². The summed E-state index contributed by atoms with van der Waals surface area (Å²) in [4.78, 5) is 23.3. The second kappa shape index (κ2) is 8.61. The lowest BCUT2D eigenvalue weighted by atomic mass is 10.2. The molecule has 2 rings (SSSR count). The summed E-state index contributed by atoms with van der Waals surface area (Å²) in [6.45, 7) is -0.490. The summed E-state index contributed by atoms with van der Waals surface area (Å²) in [7, 11) is -3.80. The number of carbonyl (C=O) groups is 2. The van der Waals surface area contributed by atoms with Crippen molar-refractivity contribution in [2.24, 2.45) is 5.14 Å². The molecule has 0 aromatic heterocycles. The van der Waals surface area contributed by atoms with Crippen LogP contribution in [-0.2, 0) is 24.3 Å². The maximum absolute atomic E-state index is 11.7. The third kappa shape index (κ3) is 6.32. The number of amides is 1. The summed E-state index contributed by atoms with van der Waals surface area (Å²) in [6.07, 6.45) is 2.69. The van der Waals surface area contributed by atoms with Gasteiger partial charge in [0.05, 0.1) is 4.90 Å². The highest BCUT2D eigenvalue weighted by atomic mass is 35.5. The number of nitrogens with two attached hydrogens (primary N) is 1. The van der Waals surface area contributed by atoms with Crippen molar-refractivity contribution in [3.05, 3.63) is 65.2 Å². The summed E-state index contributed by atoms with van der Waals surface area (Å²) in [5, 5.41) is 7.98. The van der Waals surface area contributed by atoms with Crippen LogP contribution in [0.2, 0.25) is 5.02 Å². The highest BCUT2D eigenvalue weighted by Crippen LogP contribution is 2.13. The van der Waals surface area contributed by atoms with Gasteiger partial charge in [-0.15, -0.1) is 0 Å². The van der Waals surface area contributed by atoms with Crippen molar-refractivity contribution >= 4 is 45.3 Å². The molecule has 0 saturated heterocycles. The number of benzene rings is 2. The van der Waals surface area contributed by atoms with Crippen molar-refractivity contribution in [2.75, 3.05) is 11.9 Å². The predicted octanol–water partition coefficient (Wildman–Crippen LogP) is 2.18. The predicted molar refractivity (Wildman–Crippen MR) is 97.9 cm³/mol. The van der Waals surface area contributed by atoms with Crippen LogP contribution in [0.5, 0.6) is 0 Å². The largest absolute Gasteiger partial charge is 0.452 e. The van der Waals surface area contributed by atoms with Crippen LogP contribution >= 0.6 is 11.6 Å². The van der Waals surface area contributed by atoms with Crippen molar-refractivity contribution in [2.45, 2.75) is 4.90 Å². The van der Waals surface area contributed by atoms with Gasteiger partial charge in [0, 0.05) is 16.8 Å². The SMILES string of the molecule is NS(=O)(=O)c1ccc(NC(=O)COC(=O)/C=C/c2cccc(Cl)c2)cc1. The lowest BCUT2D eigenvalue weighted by Gasteiger charge is -2.06. The summed E-state index contributed by atoms with van der Waals surface area (Å²) in [5.74, 6) is -1.26. The van der Waals surface area contributed by atoms with Crippen LogP contribution in [0.1, 0.15) is 5.56 Å². The first-order valence-corrected chi connectivity index (χ1v) is 9.19. The minimum absolute atomic E-state index is 0.0759. The highest BCUT2D eigenvalue weighted by Gasteiger charge is 2.09. The molecule has 7 nitrogen and oxygen atoms in total. The number of hydrogen-bond acceptors (Lipinski definition) is 5. The van der Waals surface area contributed by atoms with Crippen LogP contribution in [0.15, 0.2) is 59.5 Å². The second-order valence-corrected chi connectivity index (χ2v) is 7.11. The molecular weight excluding hydrogens is 380 g/mol. The lowest BCUT2D eigenvalue weighted by molar-refractivity contribution is -0.142. The Balaban J connectivity index is 1.83. The Labute approximate surface area is 155 Å². The van der Waals surface area contributed by atoms with Crippen LogP contribution in [0, 0.1) is 0 Å². The average molecular weight is 395 g/mol. The van der Waals surface area contributed by atoms with Crippen molar-refractivity contribution in [3.8, 4) is 0 Å². The molecule has 136 valence electrons. The molecule has 0 fully saturated rings. The third-order valence-electron chi connectivity index (χ3n) is 3.07. The summed E-state index contributed by atoms with van der Waals surface area (Å²) >= 11 is 5.83. The van der Waals surface area contributed by atoms with Gasteiger partial charge in [-0.2, -0.15) is 0 Å².